The van der Waals surface area contributed by atoms with E-state index < -0.39 is 0 Å². The fourth-order valence-corrected chi connectivity index (χ4v) is 2.87. The predicted molar refractivity (Wildman–Crippen MR) is 99.2 cm³/mol. The van der Waals surface area contributed by atoms with Gasteiger partial charge in [-0.1, -0.05) is 0 Å². The number of fused-ring (bicyclic) bond motifs is 1. The van der Waals surface area contributed by atoms with Gasteiger partial charge in [0.2, 0.25) is 11.8 Å². The summed E-state index contributed by atoms with van der Waals surface area (Å²) in [6.45, 7) is 0.641. The highest BCUT2D eigenvalue weighted by molar-refractivity contribution is 5.85. The molecule has 7 heteroatoms. The molecule has 1 N–H and O–H groups in total. The number of nitrogens with zero attached hydrogens (tertiary/aromatic N) is 1. The first-order chi connectivity index (χ1) is 13.1. The van der Waals surface area contributed by atoms with Crippen LogP contribution in [0, 0.1) is 0 Å². The lowest BCUT2D eigenvalue weighted by Gasteiger charge is -2.17. The van der Waals surface area contributed by atoms with E-state index in [4.69, 9.17) is 13.9 Å². The van der Waals surface area contributed by atoms with Crippen LogP contribution in [0.25, 0.3) is 6.08 Å². The minimum absolute atomic E-state index is 0.0731. The normalized spacial score (nSPS) is 13.1. The molecule has 0 unspecified atom stereocenters. The van der Waals surface area contributed by atoms with Gasteiger partial charge in [0.05, 0.1) is 33.4 Å². The molecule has 1 aromatic carbocycles. The highest BCUT2D eigenvalue weighted by atomic mass is 16.5. The largest absolute Gasteiger partial charge is 0.493 e. The van der Waals surface area contributed by atoms with Crippen molar-refractivity contribution in [3.63, 3.8) is 0 Å². The van der Waals surface area contributed by atoms with Crippen molar-refractivity contribution in [2.75, 3.05) is 20.8 Å². The highest BCUT2D eigenvalue weighted by Crippen LogP contribution is 2.32. The molecule has 3 rings (SSSR count). The Labute approximate surface area is 157 Å². The quantitative estimate of drug-likeness (QED) is 0.809. The van der Waals surface area contributed by atoms with Crippen LogP contribution in [0.5, 0.6) is 11.5 Å². The van der Waals surface area contributed by atoms with E-state index in [0.717, 1.165) is 11.1 Å². The molecule has 1 aliphatic heterocycles. The number of amides is 2. The molecule has 0 saturated carbocycles. The fraction of sp³-hybridized carbons (Fsp3) is 0.300. The minimum atomic E-state index is -0.141. The molecule has 1 aromatic heterocycles. The molecular weight excluding hydrogens is 348 g/mol. The molecule has 1 aliphatic rings. The van der Waals surface area contributed by atoms with E-state index in [1.165, 1.54) is 0 Å². The maximum Gasteiger partial charge on any atom is 0.230 e. The maximum absolute atomic E-state index is 12.5. The van der Waals surface area contributed by atoms with Crippen molar-refractivity contribution in [3.8, 4) is 11.5 Å². The van der Waals surface area contributed by atoms with Crippen LogP contribution in [0.15, 0.2) is 41.1 Å². The van der Waals surface area contributed by atoms with Crippen molar-refractivity contribution in [3.05, 3.63) is 53.6 Å². The Morgan fingerprint density at radius 3 is 2.74 bits per heavy atom. The van der Waals surface area contributed by atoms with Gasteiger partial charge >= 0.3 is 0 Å². The van der Waals surface area contributed by atoms with E-state index in [1.54, 1.807) is 43.7 Å². The zero-order chi connectivity index (χ0) is 19.2. The maximum atomic E-state index is 12.5. The molecule has 0 fully saturated rings. The molecule has 142 valence electrons. The lowest BCUT2D eigenvalue weighted by Crippen LogP contribution is -2.32. The van der Waals surface area contributed by atoms with Crippen LogP contribution in [0.2, 0.25) is 0 Å². The lowest BCUT2D eigenvalue weighted by atomic mass is 10.0. The molecule has 2 aromatic rings. The van der Waals surface area contributed by atoms with E-state index in [2.05, 4.69) is 5.32 Å². The van der Waals surface area contributed by atoms with Crippen molar-refractivity contribution in [1.29, 1.82) is 0 Å². The molecule has 0 saturated heterocycles. The van der Waals surface area contributed by atoms with Crippen LogP contribution in [0.4, 0.5) is 0 Å². The van der Waals surface area contributed by atoms with E-state index in [9.17, 15) is 9.59 Å². The molecule has 7 nitrogen and oxygen atoms in total. The van der Waals surface area contributed by atoms with Crippen LogP contribution in [-0.4, -0.2) is 37.5 Å². The first kappa shape index (κ1) is 18.6. The summed E-state index contributed by atoms with van der Waals surface area (Å²) in [6, 6.07) is 7.22. The Kier molecular flexibility index (Phi) is 5.80. The summed E-state index contributed by atoms with van der Waals surface area (Å²) < 4.78 is 15.8. The van der Waals surface area contributed by atoms with E-state index >= 15 is 0 Å². The number of hydrogen-bond donors (Lipinski definition) is 1. The van der Waals surface area contributed by atoms with E-state index in [1.807, 2.05) is 18.2 Å². The zero-order valence-corrected chi connectivity index (χ0v) is 15.4. The van der Waals surface area contributed by atoms with E-state index in [-0.39, 0.29) is 24.7 Å². The third-order valence-corrected chi connectivity index (χ3v) is 4.36. The van der Waals surface area contributed by atoms with Crippen molar-refractivity contribution in [2.24, 2.45) is 0 Å². The number of rotatable bonds is 7. The van der Waals surface area contributed by atoms with Crippen LogP contribution in [0.3, 0.4) is 0 Å². The van der Waals surface area contributed by atoms with Crippen LogP contribution in [-0.2, 0) is 22.6 Å². The molecule has 2 heterocycles. The second kappa shape index (κ2) is 8.44. The van der Waals surface area contributed by atoms with Gasteiger partial charge in [0.25, 0.3) is 0 Å². The minimum Gasteiger partial charge on any atom is -0.493 e. The Hall–Kier alpha value is -3.22. The Balaban J connectivity index is 1.61. The highest BCUT2D eigenvalue weighted by Gasteiger charge is 2.20. The first-order valence-corrected chi connectivity index (χ1v) is 8.62. The van der Waals surface area contributed by atoms with Gasteiger partial charge in [-0.15, -0.1) is 0 Å². The molecule has 0 aliphatic carbocycles. The Morgan fingerprint density at radius 1 is 1.26 bits per heavy atom. The summed E-state index contributed by atoms with van der Waals surface area (Å²) in [5, 5.41) is 2.77. The van der Waals surface area contributed by atoms with Crippen molar-refractivity contribution < 1.29 is 23.5 Å². The fourth-order valence-electron chi connectivity index (χ4n) is 2.87. The Morgan fingerprint density at radius 2 is 2.04 bits per heavy atom. The number of ether oxygens (including phenoxy) is 2. The summed E-state index contributed by atoms with van der Waals surface area (Å²) in [5.74, 6) is 1.67. The summed E-state index contributed by atoms with van der Waals surface area (Å²) in [6.07, 6.45) is 5.56. The molecule has 2 amide bonds. The van der Waals surface area contributed by atoms with E-state index in [0.29, 0.717) is 30.3 Å². The predicted octanol–water partition coefficient (Wildman–Crippen LogP) is 2.36. The second-order valence-electron chi connectivity index (χ2n) is 6.09. The monoisotopic (exact) mass is 370 g/mol. The number of furan rings is 1. The third-order valence-electron chi connectivity index (χ3n) is 4.36. The average molecular weight is 370 g/mol. The summed E-state index contributed by atoms with van der Waals surface area (Å²) in [5.41, 5.74) is 1.75. The number of nitrogens with one attached hydrogen (secondary N) is 1. The molecule has 0 spiro atoms. The molecule has 0 bridgehead atoms. The van der Waals surface area contributed by atoms with Gasteiger partial charge in [-0.2, -0.15) is 0 Å². The van der Waals surface area contributed by atoms with Crippen molar-refractivity contribution in [2.45, 2.75) is 19.4 Å². The zero-order valence-electron chi connectivity index (χ0n) is 15.4. The van der Waals surface area contributed by atoms with Crippen molar-refractivity contribution in [1.82, 2.24) is 10.2 Å². The number of benzene rings is 1. The van der Waals surface area contributed by atoms with Gasteiger partial charge in [0.15, 0.2) is 11.5 Å². The van der Waals surface area contributed by atoms with Crippen molar-refractivity contribution >= 4 is 17.9 Å². The summed E-state index contributed by atoms with van der Waals surface area (Å²) >= 11 is 0. The van der Waals surface area contributed by atoms with Gasteiger partial charge in [-0.3, -0.25) is 9.59 Å². The average Bonchev–Trinajstić information content (AvgIpc) is 3.14. The standard InChI is InChI=1S/C20H22N2O5/c1-25-17-10-14-5-7-22(20(24)12-15(14)11-18(17)26-2)8-6-19(23)21-13-16-4-3-9-27-16/h3-5,7,9-11H,6,8,12-13H2,1-2H3,(H,21,23). The second-order valence-corrected chi connectivity index (χ2v) is 6.09. The van der Waals surface area contributed by atoms with Crippen LogP contribution < -0.4 is 14.8 Å². The number of carbonyl (C=O) groups excluding carboxylic acids is 2. The topological polar surface area (TPSA) is 81.0 Å². The molecule has 27 heavy (non-hydrogen) atoms. The first-order valence-electron chi connectivity index (χ1n) is 8.62. The van der Waals surface area contributed by atoms with Crippen LogP contribution in [0.1, 0.15) is 23.3 Å². The number of methoxy groups -OCH3 is 2. The lowest BCUT2D eigenvalue weighted by molar-refractivity contribution is -0.128. The van der Waals surface area contributed by atoms with Gasteiger partial charge < -0.3 is 24.1 Å². The van der Waals surface area contributed by atoms with Crippen LogP contribution >= 0.6 is 0 Å². The SMILES string of the molecule is COc1cc2c(cc1OC)CC(=O)N(CCC(=O)NCc1ccco1)C=C2. The smallest absolute Gasteiger partial charge is 0.230 e. The van der Waals surface area contributed by atoms with Gasteiger partial charge in [0.1, 0.15) is 5.76 Å². The summed E-state index contributed by atoms with van der Waals surface area (Å²) in [7, 11) is 3.13. The van der Waals surface area contributed by atoms with Gasteiger partial charge in [-0.25, -0.2) is 0 Å². The third kappa shape index (κ3) is 4.49. The summed E-state index contributed by atoms with van der Waals surface area (Å²) in [4.78, 5) is 26.1. The van der Waals surface area contributed by atoms with Gasteiger partial charge in [-0.05, 0) is 41.5 Å². The number of carbonyl (C=O) groups is 2. The molecule has 0 radical (unpaired) electrons. The number of hydrogen-bond acceptors (Lipinski definition) is 5. The Bertz CT molecular complexity index is 842. The molecular formula is C20H22N2O5. The molecule has 0 atom stereocenters. The van der Waals surface area contributed by atoms with Gasteiger partial charge in [0, 0.05) is 19.2 Å².